The molecule has 0 amide bonds. The molecule has 0 radical (unpaired) electrons. The van der Waals surface area contributed by atoms with Gasteiger partial charge in [0.15, 0.2) is 5.76 Å². The molecule has 3 aromatic rings. The zero-order valence-corrected chi connectivity index (χ0v) is 16.2. The molecule has 3 aromatic carbocycles. The molecule has 0 bridgehead atoms. The van der Waals surface area contributed by atoms with Crippen LogP contribution in [-0.2, 0) is 13.1 Å². The molecule has 0 spiro atoms. The number of nitrogens with zero attached hydrogens (tertiary/aromatic N) is 1. The van der Waals surface area contributed by atoms with Crippen LogP contribution in [0.25, 0.3) is 6.08 Å². The number of rotatable bonds is 3. The summed E-state index contributed by atoms with van der Waals surface area (Å²) in [6.45, 7) is 4.00. The molecule has 0 aliphatic carbocycles. The van der Waals surface area contributed by atoms with Crippen LogP contribution < -0.4 is 9.47 Å². The molecular formula is C25H21NO3. The smallest absolute Gasteiger partial charge is 0.231 e. The lowest BCUT2D eigenvalue weighted by Crippen LogP contribution is -2.31. The fourth-order valence-electron chi connectivity index (χ4n) is 3.84. The lowest BCUT2D eigenvalue weighted by atomic mass is 10.0. The first-order valence-electron chi connectivity index (χ1n) is 9.74. The summed E-state index contributed by atoms with van der Waals surface area (Å²) in [5, 5.41) is 0. The minimum atomic E-state index is -0.0776. The van der Waals surface area contributed by atoms with E-state index in [2.05, 4.69) is 17.0 Å². The largest absolute Gasteiger partial charge is 0.478 e. The third-order valence-corrected chi connectivity index (χ3v) is 5.41. The van der Waals surface area contributed by atoms with E-state index in [-0.39, 0.29) is 5.78 Å². The van der Waals surface area contributed by atoms with Crippen molar-refractivity contribution in [1.29, 1.82) is 0 Å². The third-order valence-electron chi connectivity index (χ3n) is 5.41. The highest BCUT2D eigenvalue weighted by atomic mass is 16.5. The highest BCUT2D eigenvalue weighted by molar-refractivity contribution is 6.15. The van der Waals surface area contributed by atoms with Crippen LogP contribution in [0.1, 0.15) is 32.6 Å². The summed E-state index contributed by atoms with van der Waals surface area (Å²) in [6.07, 6.45) is 1.83. The summed E-state index contributed by atoms with van der Waals surface area (Å²) < 4.78 is 12.0. The summed E-state index contributed by atoms with van der Waals surface area (Å²) in [4.78, 5) is 15.1. The second kappa shape index (κ2) is 7.22. The minimum Gasteiger partial charge on any atom is -0.478 e. The molecular weight excluding hydrogens is 362 g/mol. The number of ketones is 1. The molecule has 0 fully saturated rings. The summed E-state index contributed by atoms with van der Waals surface area (Å²) in [5.41, 5.74) is 4.86. The van der Waals surface area contributed by atoms with Crippen LogP contribution in [0.5, 0.6) is 11.5 Å². The second-order valence-electron chi connectivity index (χ2n) is 7.46. The van der Waals surface area contributed by atoms with Gasteiger partial charge in [0.2, 0.25) is 5.78 Å². The van der Waals surface area contributed by atoms with Gasteiger partial charge in [-0.1, -0.05) is 54.6 Å². The van der Waals surface area contributed by atoms with Gasteiger partial charge >= 0.3 is 0 Å². The summed E-state index contributed by atoms with van der Waals surface area (Å²) in [5.74, 6) is 1.71. The van der Waals surface area contributed by atoms with Gasteiger partial charge in [-0.05, 0) is 41.8 Å². The first-order chi connectivity index (χ1) is 14.2. The van der Waals surface area contributed by atoms with Gasteiger partial charge < -0.3 is 9.47 Å². The van der Waals surface area contributed by atoms with Crippen molar-refractivity contribution in [1.82, 2.24) is 4.90 Å². The van der Waals surface area contributed by atoms with E-state index in [1.165, 1.54) is 5.56 Å². The Morgan fingerprint density at radius 1 is 1.00 bits per heavy atom. The van der Waals surface area contributed by atoms with Crippen molar-refractivity contribution in [2.24, 2.45) is 0 Å². The van der Waals surface area contributed by atoms with Crippen LogP contribution in [0.2, 0.25) is 0 Å². The number of ether oxygens (including phenoxy) is 2. The maximum Gasteiger partial charge on any atom is 0.231 e. The standard InChI is InChI=1S/C25H21NO3/c1-17-7-5-6-10-19(17)13-23-24(27)20-11-12-22-21(25(20)29-23)15-26(16-28-22)14-18-8-3-2-4-9-18/h2-13H,14-16H2,1H3/b23-13-. The summed E-state index contributed by atoms with van der Waals surface area (Å²) in [6, 6.07) is 21.9. The van der Waals surface area contributed by atoms with Crippen LogP contribution >= 0.6 is 0 Å². The Hall–Kier alpha value is -3.37. The molecule has 2 aliphatic heterocycles. The molecule has 144 valence electrons. The highest BCUT2D eigenvalue weighted by Gasteiger charge is 2.33. The number of fused-ring (bicyclic) bond motifs is 3. The van der Waals surface area contributed by atoms with Crippen LogP contribution in [0.3, 0.4) is 0 Å². The Labute approximate surface area is 170 Å². The molecule has 0 saturated heterocycles. The summed E-state index contributed by atoms with van der Waals surface area (Å²) in [7, 11) is 0. The van der Waals surface area contributed by atoms with E-state index < -0.39 is 0 Å². The highest BCUT2D eigenvalue weighted by Crippen LogP contribution is 2.42. The number of carbonyl (C=O) groups excluding carboxylic acids is 1. The van der Waals surface area contributed by atoms with Crippen molar-refractivity contribution in [2.45, 2.75) is 20.0 Å². The summed E-state index contributed by atoms with van der Waals surface area (Å²) >= 11 is 0. The lowest BCUT2D eigenvalue weighted by molar-refractivity contribution is 0.0873. The molecule has 2 aliphatic rings. The molecule has 0 saturated carbocycles. The van der Waals surface area contributed by atoms with Gasteiger partial charge in [0.1, 0.15) is 18.2 Å². The Bertz CT molecular complexity index is 1120. The van der Waals surface area contributed by atoms with Crippen LogP contribution in [0.15, 0.2) is 72.5 Å². The Morgan fingerprint density at radius 3 is 2.62 bits per heavy atom. The van der Waals surface area contributed by atoms with E-state index in [1.807, 2.05) is 67.6 Å². The minimum absolute atomic E-state index is 0.0776. The zero-order valence-electron chi connectivity index (χ0n) is 16.2. The van der Waals surface area contributed by atoms with Gasteiger partial charge in [-0.15, -0.1) is 0 Å². The van der Waals surface area contributed by atoms with E-state index >= 15 is 0 Å². The van der Waals surface area contributed by atoms with Crippen molar-refractivity contribution in [3.63, 3.8) is 0 Å². The molecule has 0 atom stereocenters. The first-order valence-corrected chi connectivity index (χ1v) is 9.74. The number of hydrogen-bond acceptors (Lipinski definition) is 4. The lowest BCUT2D eigenvalue weighted by Gasteiger charge is -2.29. The van der Waals surface area contributed by atoms with Crippen molar-refractivity contribution in [3.8, 4) is 11.5 Å². The number of aryl methyl sites for hydroxylation is 1. The number of benzene rings is 3. The molecule has 4 nitrogen and oxygen atoms in total. The predicted octanol–water partition coefficient (Wildman–Crippen LogP) is 4.96. The molecule has 0 unspecified atom stereocenters. The Morgan fingerprint density at radius 2 is 1.79 bits per heavy atom. The topological polar surface area (TPSA) is 38.8 Å². The maximum absolute atomic E-state index is 12.9. The molecule has 5 rings (SSSR count). The van der Waals surface area contributed by atoms with Gasteiger partial charge in [0.05, 0.1) is 11.1 Å². The van der Waals surface area contributed by atoms with Crippen molar-refractivity contribution >= 4 is 11.9 Å². The van der Waals surface area contributed by atoms with Gasteiger partial charge in [-0.25, -0.2) is 0 Å². The number of allylic oxidation sites excluding steroid dienone is 1. The van der Waals surface area contributed by atoms with Crippen LogP contribution in [0.4, 0.5) is 0 Å². The number of hydrogen-bond donors (Lipinski definition) is 0. The van der Waals surface area contributed by atoms with E-state index in [9.17, 15) is 4.79 Å². The van der Waals surface area contributed by atoms with Crippen LogP contribution in [-0.4, -0.2) is 17.4 Å². The van der Waals surface area contributed by atoms with Crippen molar-refractivity contribution < 1.29 is 14.3 Å². The number of Topliss-reactive ketones (excluding diaryl/α,β-unsaturated/α-hetero) is 1. The number of carbonyl (C=O) groups is 1. The second-order valence-corrected chi connectivity index (χ2v) is 7.46. The van der Waals surface area contributed by atoms with Gasteiger partial charge in [-0.3, -0.25) is 9.69 Å². The third kappa shape index (κ3) is 3.32. The Balaban J connectivity index is 1.45. The fraction of sp³-hybridized carbons (Fsp3) is 0.160. The van der Waals surface area contributed by atoms with Gasteiger partial charge in [0.25, 0.3) is 0 Å². The molecule has 0 aromatic heterocycles. The molecule has 0 N–H and O–H groups in total. The molecule has 2 heterocycles. The van der Waals surface area contributed by atoms with Crippen molar-refractivity contribution in [3.05, 3.63) is 100 Å². The van der Waals surface area contributed by atoms with Crippen LogP contribution in [0, 0.1) is 6.92 Å². The normalized spacial score (nSPS) is 16.9. The molecule has 29 heavy (non-hydrogen) atoms. The van der Waals surface area contributed by atoms with Crippen molar-refractivity contribution in [2.75, 3.05) is 6.73 Å². The first kappa shape index (κ1) is 17.7. The quantitative estimate of drug-likeness (QED) is 0.599. The fourth-order valence-corrected chi connectivity index (χ4v) is 3.84. The van der Waals surface area contributed by atoms with Gasteiger partial charge in [0, 0.05) is 13.1 Å². The molecule has 4 heteroatoms. The Kier molecular flexibility index (Phi) is 4.41. The van der Waals surface area contributed by atoms with E-state index in [0.717, 1.165) is 29.0 Å². The SMILES string of the molecule is Cc1ccccc1/C=C1\Oc2c(ccc3c2CN(Cc2ccccc2)CO3)C1=O. The van der Waals surface area contributed by atoms with E-state index in [0.29, 0.717) is 30.3 Å². The average Bonchev–Trinajstić information content (AvgIpc) is 3.06. The van der Waals surface area contributed by atoms with Gasteiger partial charge in [-0.2, -0.15) is 0 Å². The monoisotopic (exact) mass is 383 g/mol. The average molecular weight is 383 g/mol. The van der Waals surface area contributed by atoms with E-state index in [4.69, 9.17) is 9.47 Å². The van der Waals surface area contributed by atoms with E-state index in [1.54, 1.807) is 0 Å². The maximum atomic E-state index is 12.9. The predicted molar refractivity (Wildman–Crippen MR) is 112 cm³/mol. The zero-order chi connectivity index (χ0) is 19.8.